The Morgan fingerprint density at radius 2 is 1.93 bits per heavy atom. The molecule has 0 aliphatic carbocycles. The van der Waals surface area contributed by atoms with Crippen LogP contribution in [-0.4, -0.2) is 35.1 Å². The van der Waals surface area contributed by atoms with Crippen molar-refractivity contribution in [2.24, 2.45) is 0 Å². The van der Waals surface area contributed by atoms with E-state index in [0.717, 1.165) is 52.7 Å². The molecule has 1 amide bonds. The van der Waals surface area contributed by atoms with Crippen LogP contribution in [0.15, 0.2) is 52.2 Å². The summed E-state index contributed by atoms with van der Waals surface area (Å²) in [6, 6.07) is 14.3. The molecule has 2 N–H and O–H groups in total. The maximum Gasteiger partial charge on any atom is 0.234 e. The fourth-order valence-electron chi connectivity index (χ4n) is 3.94. The van der Waals surface area contributed by atoms with Crippen LogP contribution in [0.2, 0.25) is 0 Å². The van der Waals surface area contributed by atoms with E-state index in [4.69, 9.17) is 0 Å². The van der Waals surface area contributed by atoms with Gasteiger partial charge in [0, 0.05) is 53.1 Å². The smallest absolute Gasteiger partial charge is 0.234 e. The molecular weight excluding hydrogens is 394 g/mol. The summed E-state index contributed by atoms with van der Waals surface area (Å²) in [5, 5.41) is 3.74. The molecule has 3 aromatic rings. The van der Waals surface area contributed by atoms with E-state index in [2.05, 4.69) is 40.3 Å². The van der Waals surface area contributed by atoms with Crippen LogP contribution in [0, 0.1) is 0 Å². The number of aromatic nitrogens is 1. The third-order valence-electron chi connectivity index (χ3n) is 5.74. The van der Waals surface area contributed by atoms with Gasteiger partial charge in [-0.2, -0.15) is 0 Å². The Labute approximate surface area is 180 Å². The van der Waals surface area contributed by atoms with E-state index in [9.17, 15) is 9.59 Å². The quantitative estimate of drug-likeness (QED) is 0.598. The van der Waals surface area contributed by atoms with Crippen molar-refractivity contribution in [1.82, 2.24) is 15.2 Å². The maximum absolute atomic E-state index is 13.1. The van der Waals surface area contributed by atoms with Crippen LogP contribution in [0.5, 0.6) is 0 Å². The molecule has 156 valence electrons. The average molecular weight is 422 g/mol. The number of carbonyl (C=O) groups excluding carboxylic acids is 1. The molecule has 0 bridgehead atoms. The van der Waals surface area contributed by atoms with Crippen molar-refractivity contribution < 1.29 is 4.79 Å². The first-order valence-corrected chi connectivity index (χ1v) is 11.6. The third-order valence-corrected chi connectivity index (χ3v) is 6.48. The monoisotopic (exact) mass is 421 g/mol. The highest BCUT2D eigenvalue weighted by atomic mass is 32.2. The summed E-state index contributed by atoms with van der Waals surface area (Å²) in [7, 11) is 0. The molecule has 0 saturated carbocycles. The number of nitrogens with zero attached hydrogens (tertiary/aromatic N) is 1. The number of pyridine rings is 1. The zero-order chi connectivity index (χ0) is 21.1. The molecule has 0 saturated heterocycles. The van der Waals surface area contributed by atoms with Crippen LogP contribution in [0.1, 0.15) is 29.3 Å². The van der Waals surface area contributed by atoms with Gasteiger partial charge in [0.15, 0.2) is 5.43 Å². The lowest BCUT2D eigenvalue weighted by Crippen LogP contribution is -2.41. The van der Waals surface area contributed by atoms with Gasteiger partial charge in [-0.15, -0.1) is 11.8 Å². The van der Waals surface area contributed by atoms with Crippen molar-refractivity contribution in [2.45, 2.75) is 37.8 Å². The highest BCUT2D eigenvalue weighted by Gasteiger charge is 2.22. The summed E-state index contributed by atoms with van der Waals surface area (Å²) in [5.41, 5.74) is 5.03. The summed E-state index contributed by atoms with van der Waals surface area (Å²) in [4.78, 5) is 32.2. The van der Waals surface area contributed by atoms with Gasteiger partial charge in [-0.3, -0.25) is 14.5 Å². The second-order valence-electron chi connectivity index (χ2n) is 7.73. The Bertz CT molecular complexity index is 1120. The molecule has 1 aliphatic rings. The van der Waals surface area contributed by atoms with Crippen molar-refractivity contribution in [3.05, 3.63) is 75.1 Å². The van der Waals surface area contributed by atoms with Gasteiger partial charge in [0.1, 0.15) is 0 Å². The number of carbonyl (C=O) groups is 1. The predicted octanol–water partition coefficient (Wildman–Crippen LogP) is 3.49. The number of nitrogens with one attached hydrogen (secondary N) is 2. The summed E-state index contributed by atoms with van der Waals surface area (Å²) >= 11 is 1.70. The van der Waals surface area contributed by atoms with Crippen molar-refractivity contribution in [1.29, 1.82) is 0 Å². The summed E-state index contributed by atoms with van der Waals surface area (Å²) in [6.07, 6.45) is 3.70. The summed E-state index contributed by atoms with van der Waals surface area (Å²) in [5.74, 6) is -0.0159. The van der Waals surface area contributed by atoms with Gasteiger partial charge in [-0.05, 0) is 48.1 Å². The van der Waals surface area contributed by atoms with E-state index in [1.54, 1.807) is 11.8 Å². The fourth-order valence-corrected chi connectivity index (χ4v) is 4.35. The van der Waals surface area contributed by atoms with Gasteiger partial charge in [0.25, 0.3) is 0 Å². The van der Waals surface area contributed by atoms with Crippen LogP contribution in [0.25, 0.3) is 10.9 Å². The van der Waals surface area contributed by atoms with E-state index in [1.165, 1.54) is 4.90 Å². The lowest BCUT2D eigenvalue weighted by molar-refractivity contribution is -0.122. The Hall–Kier alpha value is -2.57. The normalized spacial score (nSPS) is 13.9. The molecule has 4 rings (SSSR count). The molecule has 1 aliphatic heterocycles. The number of hydrogen-bond donors (Lipinski definition) is 2. The Morgan fingerprint density at radius 1 is 1.17 bits per heavy atom. The first-order valence-electron chi connectivity index (χ1n) is 10.4. The minimum atomic E-state index is -0.0159. The van der Waals surface area contributed by atoms with Gasteiger partial charge < -0.3 is 10.3 Å². The highest BCUT2D eigenvalue weighted by Crippen LogP contribution is 2.19. The van der Waals surface area contributed by atoms with E-state index >= 15 is 0 Å². The van der Waals surface area contributed by atoms with Crippen molar-refractivity contribution >= 4 is 28.6 Å². The molecule has 0 spiro atoms. The van der Waals surface area contributed by atoms with Crippen LogP contribution in [0.3, 0.4) is 0 Å². The molecule has 5 nitrogen and oxygen atoms in total. The number of aryl methyl sites for hydroxylation is 1. The molecular formula is C24H27N3O2S. The minimum absolute atomic E-state index is 0.0159. The number of rotatable bonds is 6. The SMILES string of the molecule is CCc1ccc2[nH]c3c(c(=O)c2c1)CN(CC(=O)NCc1ccc(SC)cc1)CC3. The first-order chi connectivity index (χ1) is 14.6. The zero-order valence-corrected chi connectivity index (χ0v) is 18.3. The third kappa shape index (κ3) is 4.45. The molecule has 0 atom stereocenters. The lowest BCUT2D eigenvalue weighted by Gasteiger charge is -2.28. The molecule has 2 aromatic carbocycles. The lowest BCUT2D eigenvalue weighted by atomic mass is 10.0. The van der Waals surface area contributed by atoms with E-state index in [0.29, 0.717) is 19.6 Å². The average Bonchev–Trinajstić information content (AvgIpc) is 2.78. The number of aromatic amines is 1. The van der Waals surface area contributed by atoms with Crippen molar-refractivity contribution in [3.63, 3.8) is 0 Å². The van der Waals surface area contributed by atoms with Crippen LogP contribution >= 0.6 is 11.8 Å². The Balaban J connectivity index is 1.42. The number of benzene rings is 2. The number of hydrogen-bond acceptors (Lipinski definition) is 4. The maximum atomic E-state index is 13.1. The Kier molecular flexibility index (Phi) is 6.25. The first kappa shape index (κ1) is 20.7. The molecule has 0 fully saturated rings. The number of amides is 1. The molecule has 0 unspecified atom stereocenters. The van der Waals surface area contributed by atoms with Crippen molar-refractivity contribution in [3.8, 4) is 0 Å². The zero-order valence-electron chi connectivity index (χ0n) is 17.5. The molecule has 2 heterocycles. The topological polar surface area (TPSA) is 65.2 Å². The van der Waals surface area contributed by atoms with Gasteiger partial charge >= 0.3 is 0 Å². The second kappa shape index (κ2) is 9.06. The fraction of sp³-hybridized carbons (Fsp3) is 0.333. The minimum Gasteiger partial charge on any atom is -0.358 e. The molecule has 6 heteroatoms. The number of thioether (sulfide) groups is 1. The molecule has 30 heavy (non-hydrogen) atoms. The van der Waals surface area contributed by atoms with Crippen LogP contribution < -0.4 is 10.7 Å². The number of fused-ring (bicyclic) bond motifs is 2. The largest absolute Gasteiger partial charge is 0.358 e. The molecule has 1 aromatic heterocycles. The summed E-state index contributed by atoms with van der Waals surface area (Å²) < 4.78 is 0. The van der Waals surface area contributed by atoms with Gasteiger partial charge in [0.2, 0.25) is 5.91 Å². The van der Waals surface area contributed by atoms with Gasteiger partial charge in [-0.1, -0.05) is 25.1 Å². The molecule has 0 radical (unpaired) electrons. The number of H-pyrrole nitrogens is 1. The van der Waals surface area contributed by atoms with E-state index in [-0.39, 0.29) is 11.3 Å². The van der Waals surface area contributed by atoms with Crippen LogP contribution in [0.4, 0.5) is 0 Å². The van der Waals surface area contributed by atoms with Crippen LogP contribution in [-0.2, 0) is 30.7 Å². The van der Waals surface area contributed by atoms with E-state index in [1.807, 2.05) is 30.5 Å². The highest BCUT2D eigenvalue weighted by molar-refractivity contribution is 7.98. The van der Waals surface area contributed by atoms with Gasteiger partial charge in [-0.25, -0.2) is 0 Å². The standard InChI is InChI=1S/C24H27N3O2S/c1-3-16-6-9-21-19(12-16)24(29)20-14-27(11-10-22(20)26-21)15-23(28)25-13-17-4-7-18(30-2)8-5-17/h4-9,12H,3,10-11,13-15H2,1-2H3,(H,25,28)(H,26,29). The van der Waals surface area contributed by atoms with E-state index < -0.39 is 0 Å². The Morgan fingerprint density at radius 3 is 2.67 bits per heavy atom. The summed E-state index contributed by atoms with van der Waals surface area (Å²) in [6.45, 7) is 4.17. The van der Waals surface area contributed by atoms with Gasteiger partial charge in [0.05, 0.1) is 6.54 Å². The predicted molar refractivity (Wildman–Crippen MR) is 123 cm³/mol. The second-order valence-corrected chi connectivity index (χ2v) is 8.61. The van der Waals surface area contributed by atoms with Crippen molar-refractivity contribution in [2.75, 3.05) is 19.3 Å².